The molecule has 5 rings (SSSR count). The quantitative estimate of drug-likeness (QED) is 0.577. The molecule has 1 saturated heterocycles. The number of anilines is 1. The number of pyridine rings is 1. The number of piperidine rings is 1. The van der Waals surface area contributed by atoms with Crippen LogP contribution in [0, 0.1) is 5.92 Å². The summed E-state index contributed by atoms with van der Waals surface area (Å²) >= 11 is 0. The summed E-state index contributed by atoms with van der Waals surface area (Å²) in [7, 11) is 1.75. The van der Waals surface area contributed by atoms with Crippen molar-refractivity contribution in [1.82, 2.24) is 9.38 Å². The van der Waals surface area contributed by atoms with E-state index in [0.29, 0.717) is 5.92 Å². The average Bonchev–Trinajstić information content (AvgIpc) is 3.58. The van der Waals surface area contributed by atoms with Crippen LogP contribution in [0.1, 0.15) is 54.4 Å². The molecule has 166 valence electrons. The van der Waals surface area contributed by atoms with E-state index in [9.17, 15) is 5.11 Å². The van der Waals surface area contributed by atoms with Gasteiger partial charge < -0.3 is 20.1 Å². The van der Waals surface area contributed by atoms with Gasteiger partial charge in [0.05, 0.1) is 24.1 Å². The van der Waals surface area contributed by atoms with Gasteiger partial charge in [-0.1, -0.05) is 12.1 Å². The van der Waals surface area contributed by atoms with Crippen molar-refractivity contribution in [1.29, 1.82) is 0 Å². The molecule has 0 radical (unpaired) electrons. The summed E-state index contributed by atoms with van der Waals surface area (Å²) in [5, 5.41) is 11.5. The van der Waals surface area contributed by atoms with E-state index in [1.165, 1.54) is 24.1 Å². The highest BCUT2D eigenvalue weighted by atomic mass is 16.3. The Hall–Kier alpha value is -3.12. The molecule has 0 bridgehead atoms. The molecule has 2 aliphatic rings. The van der Waals surface area contributed by atoms with Crippen LogP contribution in [0.4, 0.5) is 5.69 Å². The number of nitrogens with zero attached hydrogens (tertiary/aromatic N) is 4. The molecule has 1 aliphatic heterocycles. The van der Waals surface area contributed by atoms with E-state index >= 15 is 0 Å². The van der Waals surface area contributed by atoms with Crippen molar-refractivity contribution in [3.63, 3.8) is 0 Å². The Morgan fingerprint density at radius 3 is 2.56 bits per heavy atom. The standard InChI is InChI=1S/C26H31N5O/c1-28-15-21(14-27)18-4-6-22(7-5-18)30-11-8-20(9-12-30)26(32)25-23(19-2-3-19)10-13-31-17-29-16-24(25)31/h4-7,10,13-17,19-20,26,32H,2-3,8-9,11-12,27H2,1H3. The maximum absolute atomic E-state index is 11.5. The van der Waals surface area contributed by atoms with E-state index in [2.05, 4.69) is 51.4 Å². The van der Waals surface area contributed by atoms with Gasteiger partial charge in [0.1, 0.15) is 0 Å². The van der Waals surface area contributed by atoms with Gasteiger partial charge in [0, 0.05) is 55.6 Å². The van der Waals surface area contributed by atoms with E-state index in [-0.39, 0.29) is 5.92 Å². The molecule has 0 spiro atoms. The first-order chi connectivity index (χ1) is 15.7. The Bertz CT molecular complexity index is 1130. The summed E-state index contributed by atoms with van der Waals surface area (Å²) in [5.41, 5.74) is 12.4. The molecular weight excluding hydrogens is 398 g/mol. The van der Waals surface area contributed by atoms with Crippen molar-refractivity contribution >= 4 is 23.0 Å². The summed E-state index contributed by atoms with van der Waals surface area (Å²) in [6, 6.07) is 10.7. The lowest BCUT2D eigenvalue weighted by Gasteiger charge is -2.36. The number of aliphatic imine (C=N–C) groups is 1. The lowest BCUT2D eigenvalue weighted by Crippen LogP contribution is -2.35. The second-order valence-electron chi connectivity index (χ2n) is 8.97. The van der Waals surface area contributed by atoms with E-state index in [1.54, 1.807) is 19.5 Å². The van der Waals surface area contributed by atoms with E-state index in [4.69, 9.17) is 5.73 Å². The number of nitrogens with two attached hydrogens (primary N) is 1. The molecule has 3 heterocycles. The van der Waals surface area contributed by atoms with Crippen LogP contribution in [0.2, 0.25) is 0 Å². The zero-order valence-corrected chi connectivity index (χ0v) is 18.6. The molecule has 1 saturated carbocycles. The van der Waals surface area contributed by atoms with Crippen LogP contribution in [0.3, 0.4) is 0 Å². The Morgan fingerprint density at radius 2 is 1.91 bits per heavy atom. The third-order valence-corrected chi connectivity index (χ3v) is 6.98. The maximum Gasteiger partial charge on any atom is 0.0992 e. The molecule has 6 heteroatoms. The molecule has 1 atom stereocenters. The first-order valence-electron chi connectivity index (χ1n) is 11.5. The number of fused-ring (bicyclic) bond motifs is 1. The van der Waals surface area contributed by atoms with Gasteiger partial charge >= 0.3 is 0 Å². The third kappa shape index (κ3) is 3.91. The topological polar surface area (TPSA) is 79.1 Å². The minimum Gasteiger partial charge on any atom is -0.404 e. The highest BCUT2D eigenvalue weighted by molar-refractivity contribution is 6.09. The minimum absolute atomic E-state index is 0.261. The van der Waals surface area contributed by atoms with Crippen LogP contribution < -0.4 is 10.6 Å². The van der Waals surface area contributed by atoms with Gasteiger partial charge in [-0.25, -0.2) is 4.98 Å². The lowest BCUT2D eigenvalue weighted by atomic mass is 9.84. The lowest BCUT2D eigenvalue weighted by molar-refractivity contribution is 0.0931. The van der Waals surface area contributed by atoms with E-state index in [1.807, 2.05) is 16.9 Å². The summed E-state index contributed by atoms with van der Waals surface area (Å²) < 4.78 is 2.04. The molecule has 2 fully saturated rings. The first-order valence-corrected chi connectivity index (χ1v) is 11.5. The second-order valence-corrected chi connectivity index (χ2v) is 8.97. The third-order valence-electron chi connectivity index (χ3n) is 6.98. The zero-order chi connectivity index (χ0) is 22.1. The van der Waals surface area contributed by atoms with E-state index in [0.717, 1.165) is 48.1 Å². The fraction of sp³-hybridized carbons (Fsp3) is 0.385. The zero-order valence-electron chi connectivity index (χ0n) is 18.6. The van der Waals surface area contributed by atoms with Crippen molar-refractivity contribution in [3.8, 4) is 0 Å². The minimum atomic E-state index is -0.443. The van der Waals surface area contributed by atoms with Crippen LogP contribution in [-0.2, 0) is 0 Å². The Labute approximate surface area is 189 Å². The molecule has 2 aromatic heterocycles. The summed E-state index contributed by atoms with van der Waals surface area (Å²) in [6.07, 6.45) is 13.1. The summed E-state index contributed by atoms with van der Waals surface area (Å²) in [6.45, 7) is 1.89. The number of hydrogen-bond donors (Lipinski definition) is 2. The number of allylic oxidation sites excluding steroid dienone is 1. The smallest absolute Gasteiger partial charge is 0.0992 e. The predicted molar refractivity (Wildman–Crippen MR) is 130 cm³/mol. The van der Waals surface area contributed by atoms with Gasteiger partial charge in [-0.15, -0.1) is 0 Å². The van der Waals surface area contributed by atoms with Gasteiger partial charge in [-0.05, 0) is 66.8 Å². The number of hydrogen-bond acceptors (Lipinski definition) is 5. The van der Waals surface area contributed by atoms with Crippen molar-refractivity contribution in [2.24, 2.45) is 16.6 Å². The SMILES string of the molecule is CN=CC(=CN)c1ccc(N2CCC(C(O)c3c(C4CC4)ccn4cncc34)CC2)cc1. The predicted octanol–water partition coefficient (Wildman–Crippen LogP) is 4.16. The molecule has 0 amide bonds. The fourth-order valence-electron chi connectivity index (χ4n) is 5.03. The molecule has 1 aromatic carbocycles. The van der Waals surface area contributed by atoms with Crippen molar-refractivity contribution in [2.45, 2.75) is 37.7 Å². The van der Waals surface area contributed by atoms with Crippen molar-refractivity contribution < 1.29 is 5.11 Å². The molecule has 6 nitrogen and oxygen atoms in total. The largest absolute Gasteiger partial charge is 0.404 e. The Kier molecular flexibility index (Phi) is 5.70. The first kappa shape index (κ1) is 20.8. The summed E-state index contributed by atoms with van der Waals surface area (Å²) in [4.78, 5) is 10.8. The van der Waals surface area contributed by atoms with E-state index < -0.39 is 6.10 Å². The monoisotopic (exact) mass is 429 g/mol. The molecule has 32 heavy (non-hydrogen) atoms. The van der Waals surface area contributed by atoms with Crippen LogP contribution in [0.15, 0.2) is 60.2 Å². The highest BCUT2D eigenvalue weighted by Crippen LogP contribution is 2.46. The summed E-state index contributed by atoms with van der Waals surface area (Å²) in [5.74, 6) is 0.861. The van der Waals surface area contributed by atoms with Crippen LogP contribution >= 0.6 is 0 Å². The molecule has 1 unspecified atom stereocenters. The normalized spacial score (nSPS) is 19.2. The fourth-order valence-corrected chi connectivity index (χ4v) is 5.03. The van der Waals surface area contributed by atoms with Crippen LogP contribution in [0.25, 0.3) is 11.1 Å². The Balaban J connectivity index is 1.30. The number of imidazole rings is 1. The van der Waals surface area contributed by atoms with Crippen LogP contribution in [0.5, 0.6) is 0 Å². The molecule has 3 N–H and O–H groups in total. The molecule has 3 aromatic rings. The van der Waals surface area contributed by atoms with Gasteiger partial charge in [0.15, 0.2) is 0 Å². The molecular formula is C26H31N5O. The number of aliphatic hydroxyl groups excluding tert-OH is 1. The average molecular weight is 430 g/mol. The van der Waals surface area contributed by atoms with Gasteiger partial charge in [0.25, 0.3) is 0 Å². The molecule has 1 aliphatic carbocycles. The number of aromatic nitrogens is 2. The Morgan fingerprint density at radius 1 is 1.16 bits per heavy atom. The van der Waals surface area contributed by atoms with Gasteiger partial charge in [-0.2, -0.15) is 0 Å². The van der Waals surface area contributed by atoms with Gasteiger partial charge in [0.2, 0.25) is 0 Å². The number of rotatable bonds is 6. The highest BCUT2D eigenvalue weighted by Gasteiger charge is 2.33. The van der Waals surface area contributed by atoms with Gasteiger partial charge in [-0.3, -0.25) is 4.99 Å². The second kappa shape index (κ2) is 8.79. The van der Waals surface area contributed by atoms with Crippen molar-refractivity contribution in [3.05, 3.63) is 71.9 Å². The van der Waals surface area contributed by atoms with Crippen LogP contribution in [-0.4, -0.2) is 40.8 Å². The number of aliphatic hydroxyl groups is 1. The van der Waals surface area contributed by atoms with Crippen molar-refractivity contribution in [2.75, 3.05) is 25.0 Å². The maximum atomic E-state index is 11.5. The number of benzene rings is 1.